The largest absolute Gasteiger partial charge is 0.390 e. The van der Waals surface area contributed by atoms with Gasteiger partial charge in [0.05, 0.1) is 13.2 Å². The van der Waals surface area contributed by atoms with Crippen LogP contribution in [0.15, 0.2) is 0 Å². The monoisotopic (exact) mass is 116 g/mol. The average Bonchev–Trinajstić information content (AvgIpc) is 1.90. The van der Waals surface area contributed by atoms with Gasteiger partial charge in [0.15, 0.2) is 0 Å². The summed E-state index contributed by atoms with van der Waals surface area (Å²) in [5.41, 5.74) is 0. The molecular weight excluding hydrogens is 102 g/mol. The van der Waals surface area contributed by atoms with Gasteiger partial charge in [-0.25, -0.2) is 0 Å². The Labute approximate surface area is 49.9 Å². The lowest BCUT2D eigenvalue weighted by molar-refractivity contribution is -0.698. The number of hydrogen-bond donors (Lipinski definition) is 2. The van der Waals surface area contributed by atoms with Crippen molar-refractivity contribution in [3.05, 3.63) is 0 Å². The number of piperidine rings is 1. The van der Waals surface area contributed by atoms with Crippen LogP contribution in [0.25, 0.3) is 0 Å². The van der Waals surface area contributed by atoms with E-state index in [0.717, 1.165) is 0 Å². The minimum absolute atomic E-state index is 0.361. The number of quaternary nitrogens is 1. The van der Waals surface area contributed by atoms with Crippen molar-refractivity contribution in [2.75, 3.05) is 13.2 Å². The van der Waals surface area contributed by atoms with E-state index in [4.69, 9.17) is 5.11 Å². The molecule has 0 aliphatic carbocycles. The van der Waals surface area contributed by atoms with Crippen molar-refractivity contribution in [1.82, 2.24) is 0 Å². The SMILES string of the molecule is OC[C@@H]1CCCC[NH2+]1. The first-order chi connectivity index (χ1) is 3.93. The third-order valence-electron chi connectivity index (χ3n) is 1.76. The maximum atomic E-state index is 8.66. The molecule has 3 N–H and O–H groups in total. The van der Waals surface area contributed by atoms with Gasteiger partial charge in [-0.2, -0.15) is 0 Å². The molecule has 0 amide bonds. The molecule has 0 unspecified atom stereocenters. The molecule has 1 heterocycles. The summed E-state index contributed by atoms with van der Waals surface area (Å²) in [6.45, 7) is 1.57. The van der Waals surface area contributed by atoms with Gasteiger partial charge in [-0.15, -0.1) is 0 Å². The van der Waals surface area contributed by atoms with Crippen molar-refractivity contribution in [1.29, 1.82) is 0 Å². The van der Waals surface area contributed by atoms with Gasteiger partial charge >= 0.3 is 0 Å². The van der Waals surface area contributed by atoms with Gasteiger partial charge in [0.25, 0.3) is 0 Å². The molecule has 48 valence electrons. The molecule has 2 nitrogen and oxygen atoms in total. The molecule has 1 saturated heterocycles. The van der Waals surface area contributed by atoms with Crippen molar-refractivity contribution in [3.8, 4) is 0 Å². The summed E-state index contributed by atoms with van der Waals surface area (Å²) in [6.07, 6.45) is 3.84. The first-order valence-electron chi connectivity index (χ1n) is 3.37. The van der Waals surface area contributed by atoms with Crippen molar-refractivity contribution in [3.63, 3.8) is 0 Å². The molecule has 1 aliphatic rings. The fourth-order valence-corrected chi connectivity index (χ4v) is 1.19. The van der Waals surface area contributed by atoms with Gasteiger partial charge in [-0.3, -0.25) is 0 Å². The lowest BCUT2D eigenvalue weighted by atomic mass is 10.1. The molecule has 1 rings (SSSR count). The highest BCUT2D eigenvalue weighted by Gasteiger charge is 2.13. The zero-order chi connectivity index (χ0) is 5.82. The van der Waals surface area contributed by atoms with Crippen molar-refractivity contribution >= 4 is 0 Å². The van der Waals surface area contributed by atoms with Crippen LogP contribution < -0.4 is 5.32 Å². The van der Waals surface area contributed by atoms with Crippen LogP contribution in [0.1, 0.15) is 19.3 Å². The van der Waals surface area contributed by atoms with Gasteiger partial charge < -0.3 is 10.4 Å². The van der Waals surface area contributed by atoms with E-state index in [0.29, 0.717) is 12.6 Å². The van der Waals surface area contributed by atoms with Crippen molar-refractivity contribution in [2.45, 2.75) is 25.3 Å². The zero-order valence-electron chi connectivity index (χ0n) is 5.14. The summed E-state index contributed by atoms with van der Waals surface area (Å²) < 4.78 is 0. The van der Waals surface area contributed by atoms with Gasteiger partial charge in [-0.1, -0.05) is 0 Å². The second-order valence-electron chi connectivity index (χ2n) is 2.46. The minimum Gasteiger partial charge on any atom is -0.390 e. The summed E-state index contributed by atoms with van der Waals surface area (Å²) in [6, 6.07) is 0.517. The van der Waals surface area contributed by atoms with E-state index < -0.39 is 0 Å². The van der Waals surface area contributed by atoms with E-state index in [2.05, 4.69) is 5.32 Å². The fraction of sp³-hybridized carbons (Fsp3) is 1.00. The van der Waals surface area contributed by atoms with Gasteiger partial charge in [0, 0.05) is 6.42 Å². The van der Waals surface area contributed by atoms with Gasteiger partial charge in [0.1, 0.15) is 6.04 Å². The molecule has 0 radical (unpaired) electrons. The highest BCUT2D eigenvalue weighted by molar-refractivity contribution is 4.55. The Hall–Kier alpha value is -0.0800. The highest BCUT2D eigenvalue weighted by atomic mass is 16.3. The molecule has 0 bridgehead atoms. The van der Waals surface area contributed by atoms with Crippen LogP contribution in [0.4, 0.5) is 0 Å². The number of aliphatic hydroxyl groups excluding tert-OH is 1. The van der Waals surface area contributed by atoms with Crippen LogP contribution in [0.5, 0.6) is 0 Å². The minimum atomic E-state index is 0.361. The van der Waals surface area contributed by atoms with Gasteiger partial charge in [-0.05, 0) is 12.8 Å². The summed E-state index contributed by atoms with van der Waals surface area (Å²) in [5.74, 6) is 0. The summed E-state index contributed by atoms with van der Waals surface area (Å²) >= 11 is 0. The molecule has 2 heteroatoms. The van der Waals surface area contributed by atoms with Crippen LogP contribution >= 0.6 is 0 Å². The first kappa shape index (κ1) is 6.05. The Morgan fingerprint density at radius 1 is 1.50 bits per heavy atom. The standard InChI is InChI=1S/C6H13NO/c8-5-6-3-1-2-4-7-6/h6-8H,1-5H2/p+1/t6-/m0/s1. The van der Waals surface area contributed by atoms with E-state index in [1.165, 1.54) is 25.8 Å². The topological polar surface area (TPSA) is 36.8 Å². The Kier molecular flexibility index (Phi) is 2.30. The molecular formula is C6H14NO+. The fourth-order valence-electron chi connectivity index (χ4n) is 1.19. The second kappa shape index (κ2) is 3.05. The third kappa shape index (κ3) is 1.46. The maximum Gasteiger partial charge on any atom is 0.109 e. The molecule has 0 aromatic carbocycles. The predicted octanol–water partition coefficient (Wildman–Crippen LogP) is -0.905. The lowest BCUT2D eigenvalue weighted by Crippen LogP contribution is -2.92. The Balaban J connectivity index is 2.13. The molecule has 1 aliphatic heterocycles. The van der Waals surface area contributed by atoms with Crippen LogP contribution in [0.3, 0.4) is 0 Å². The van der Waals surface area contributed by atoms with E-state index in [1.807, 2.05) is 0 Å². The Bertz CT molecular complexity index is 59.5. The zero-order valence-corrected chi connectivity index (χ0v) is 5.14. The quantitative estimate of drug-likeness (QED) is 0.457. The first-order valence-corrected chi connectivity index (χ1v) is 3.37. The Morgan fingerprint density at radius 3 is 2.75 bits per heavy atom. The molecule has 1 fully saturated rings. The average molecular weight is 116 g/mol. The van der Waals surface area contributed by atoms with E-state index in [9.17, 15) is 0 Å². The number of rotatable bonds is 1. The third-order valence-corrected chi connectivity index (χ3v) is 1.76. The maximum absolute atomic E-state index is 8.66. The smallest absolute Gasteiger partial charge is 0.109 e. The second-order valence-corrected chi connectivity index (χ2v) is 2.46. The normalized spacial score (nSPS) is 30.4. The van der Waals surface area contributed by atoms with Crippen LogP contribution in [-0.2, 0) is 0 Å². The summed E-state index contributed by atoms with van der Waals surface area (Å²) in [4.78, 5) is 0. The van der Waals surface area contributed by atoms with Gasteiger partial charge in [0.2, 0.25) is 0 Å². The highest BCUT2D eigenvalue weighted by Crippen LogP contribution is 1.99. The number of aliphatic hydroxyl groups is 1. The molecule has 0 aromatic heterocycles. The van der Waals surface area contributed by atoms with E-state index in [-0.39, 0.29) is 0 Å². The van der Waals surface area contributed by atoms with Crippen LogP contribution in [-0.4, -0.2) is 24.3 Å². The lowest BCUT2D eigenvalue weighted by Gasteiger charge is -2.17. The molecule has 0 aromatic rings. The summed E-state index contributed by atoms with van der Waals surface area (Å²) in [5, 5.41) is 10.9. The molecule has 1 atom stereocenters. The van der Waals surface area contributed by atoms with E-state index in [1.54, 1.807) is 0 Å². The van der Waals surface area contributed by atoms with Crippen molar-refractivity contribution < 1.29 is 10.4 Å². The Morgan fingerprint density at radius 2 is 2.38 bits per heavy atom. The van der Waals surface area contributed by atoms with Crippen LogP contribution in [0.2, 0.25) is 0 Å². The summed E-state index contributed by atoms with van der Waals surface area (Å²) in [7, 11) is 0. The number of hydrogen-bond acceptors (Lipinski definition) is 1. The number of nitrogens with two attached hydrogens (primary N) is 1. The van der Waals surface area contributed by atoms with Crippen LogP contribution in [0, 0.1) is 0 Å². The van der Waals surface area contributed by atoms with Crippen molar-refractivity contribution in [2.24, 2.45) is 0 Å². The molecule has 0 saturated carbocycles. The molecule has 0 spiro atoms. The predicted molar refractivity (Wildman–Crippen MR) is 31.5 cm³/mol. The molecule has 8 heavy (non-hydrogen) atoms. The van der Waals surface area contributed by atoms with E-state index >= 15 is 0 Å².